The summed E-state index contributed by atoms with van der Waals surface area (Å²) in [5.74, 6) is -0.934. The van der Waals surface area contributed by atoms with Gasteiger partial charge in [0, 0.05) is 16.1 Å². The van der Waals surface area contributed by atoms with Crippen molar-refractivity contribution in [2.75, 3.05) is 16.6 Å². The van der Waals surface area contributed by atoms with Gasteiger partial charge in [0.15, 0.2) is 0 Å². The molecule has 0 atom stereocenters. The van der Waals surface area contributed by atoms with Gasteiger partial charge in [-0.3, -0.25) is 9.52 Å². The third-order valence-electron chi connectivity index (χ3n) is 5.64. The molecule has 1 aliphatic carbocycles. The summed E-state index contributed by atoms with van der Waals surface area (Å²) < 4.78 is 33.8. The summed E-state index contributed by atoms with van der Waals surface area (Å²) in [5.41, 5.74) is 2.49. The first kappa shape index (κ1) is 24.0. The highest BCUT2D eigenvalue weighted by atomic mass is 32.2. The number of anilines is 2. The third kappa shape index (κ3) is 5.00. The summed E-state index contributed by atoms with van der Waals surface area (Å²) in [5, 5.41) is 3.28. The number of esters is 1. The molecule has 1 aromatic heterocycles. The predicted molar refractivity (Wildman–Crippen MR) is 133 cm³/mol. The van der Waals surface area contributed by atoms with E-state index in [1.807, 2.05) is 0 Å². The molecule has 2 N–H and O–H groups in total. The van der Waals surface area contributed by atoms with E-state index in [1.165, 1.54) is 17.4 Å². The number of carbonyl (C=O) groups excluding carboxylic acids is 2. The molecule has 3 aromatic rings. The SMILES string of the molecule is CCOC(=O)c1c(NC(=O)c2ccc(C)c(S(=O)(=O)Nc3ccccc3)c2)sc2c1CCCC2. The number of hydrogen-bond donors (Lipinski definition) is 2. The van der Waals surface area contributed by atoms with E-state index in [0.29, 0.717) is 21.8 Å². The molecule has 7 nitrogen and oxygen atoms in total. The minimum Gasteiger partial charge on any atom is -0.462 e. The second-order valence-corrected chi connectivity index (χ2v) is 10.8. The Morgan fingerprint density at radius 1 is 1.06 bits per heavy atom. The topological polar surface area (TPSA) is 102 Å². The van der Waals surface area contributed by atoms with Crippen molar-refractivity contribution < 1.29 is 22.7 Å². The van der Waals surface area contributed by atoms with E-state index in [4.69, 9.17) is 4.74 Å². The fourth-order valence-corrected chi connectivity index (χ4v) is 6.60. The Bertz CT molecular complexity index is 1330. The van der Waals surface area contributed by atoms with E-state index in [0.717, 1.165) is 36.1 Å². The fraction of sp³-hybridized carbons (Fsp3) is 0.280. The van der Waals surface area contributed by atoms with Crippen LogP contribution in [0.4, 0.5) is 10.7 Å². The highest BCUT2D eigenvalue weighted by molar-refractivity contribution is 7.92. The van der Waals surface area contributed by atoms with Gasteiger partial charge in [0.25, 0.3) is 15.9 Å². The number of benzene rings is 2. The van der Waals surface area contributed by atoms with Crippen LogP contribution in [-0.4, -0.2) is 26.9 Å². The molecule has 0 saturated carbocycles. The molecule has 1 aliphatic rings. The Morgan fingerprint density at radius 3 is 2.53 bits per heavy atom. The number of carbonyl (C=O) groups is 2. The summed E-state index contributed by atoms with van der Waals surface area (Å²) in [4.78, 5) is 26.9. The Hall–Kier alpha value is -3.17. The number of amides is 1. The van der Waals surface area contributed by atoms with Crippen LogP contribution in [0.25, 0.3) is 0 Å². The van der Waals surface area contributed by atoms with Gasteiger partial charge in [-0.15, -0.1) is 11.3 Å². The van der Waals surface area contributed by atoms with Crippen LogP contribution in [-0.2, 0) is 27.6 Å². The van der Waals surface area contributed by atoms with Crippen LogP contribution in [0.15, 0.2) is 53.4 Å². The molecule has 1 heterocycles. The van der Waals surface area contributed by atoms with Crippen molar-refractivity contribution in [1.29, 1.82) is 0 Å². The lowest BCUT2D eigenvalue weighted by atomic mass is 9.95. The lowest BCUT2D eigenvalue weighted by molar-refractivity contribution is 0.0526. The van der Waals surface area contributed by atoms with Gasteiger partial charge in [0.05, 0.1) is 17.1 Å². The second-order valence-electron chi connectivity index (χ2n) is 8.04. The summed E-state index contributed by atoms with van der Waals surface area (Å²) in [6.07, 6.45) is 3.65. The number of hydrogen-bond acceptors (Lipinski definition) is 6. The zero-order valence-electron chi connectivity index (χ0n) is 19.0. The van der Waals surface area contributed by atoms with Crippen molar-refractivity contribution in [3.63, 3.8) is 0 Å². The van der Waals surface area contributed by atoms with E-state index in [-0.39, 0.29) is 17.1 Å². The molecule has 0 bridgehead atoms. The van der Waals surface area contributed by atoms with E-state index >= 15 is 0 Å². The van der Waals surface area contributed by atoms with Crippen LogP contribution in [0.5, 0.6) is 0 Å². The summed E-state index contributed by atoms with van der Waals surface area (Å²) in [6, 6.07) is 13.1. The monoisotopic (exact) mass is 498 g/mol. The Balaban J connectivity index is 1.64. The van der Waals surface area contributed by atoms with Crippen molar-refractivity contribution in [2.45, 2.75) is 44.4 Å². The zero-order valence-corrected chi connectivity index (χ0v) is 20.6. The first-order valence-corrected chi connectivity index (χ1v) is 13.4. The summed E-state index contributed by atoms with van der Waals surface area (Å²) in [6.45, 7) is 3.66. The molecule has 4 rings (SSSR count). The predicted octanol–water partition coefficient (Wildman–Crippen LogP) is 5.17. The lowest BCUT2D eigenvalue weighted by Crippen LogP contribution is -2.18. The minimum atomic E-state index is -3.91. The van der Waals surface area contributed by atoms with Crippen LogP contribution in [0.2, 0.25) is 0 Å². The number of ether oxygens (including phenoxy) is 1. The number of para-hydroxylation sites is 1. The normalized spacial score (nSPS) is 13.1. The van der Waals surface area contributed by atoms with Crippen molar-refractivity contribution >= 4 is 43.9 Å². The summed E-state index contributed by atoms with van der Waals surface area (Å²) >= 11 is 1.39. The Morgan fingerprint density at radius 2 is 1.79 bits per heavy atom. The van der Waals surface area contributed by atoms with Crippen molar-refractivity contribution in [2.24, 2.45) is 0 Å². The van der Waals surface area contributed by atoms with E-state index in [2.05, 4.69) is 10.0 Å². The fourth-order valence-electron chi connectivity index (χ4n) is 4.00. The minimum absolute atomic E-state index is 0.0140. The third-order valence-corrected chi connectivity index (χ3v) is 8.37. The lowest BCUT2D eigenvalue weighted by Gasteiger charge is -2.13. The first-order valence-electron chi connectivity index (χ1n) is 11.1. The maximum atomic E-state index is 13.1. The van der Waals surface area contributed by atoms with Crippen molar-refractivity contribution in [3.8, 4) is 0 Å². The number of aryl methyl sites for hydroxylation is 2. The van der Waals surface area contributed by atoms with Gasteiger partial charge in [0.2, 0.25) is 0 Å². The standard InChI is InChI=1S/C25H26N2O5S2/c1-3-32-25(29)22-19-11-7-8-12-20(19)33-24(22)26-23(28)17-14-13-16(2)21(15-17)34(30,31)27-18-9-5-4-6-10-18/h4-6,9-10,13-15,27H,3,7-8,11-12H2,1-2H3,(H,26,28). The number of nitrogens with one attached hydrogen (secondary N) is 2. The molecular formula is C25H26N2O5S2. The molecule has 0 fully saturated rings. The van der Waals surface area contributed by atoms with Gasteiger partial charge in [-0.2, -0.15) is 0 Å². The largest absolute Gasteiger partial charge is 0.462 e. The van der Waals surface area contributed by atoms with Crippen molar-refractivity contribution in [3.05, 3.63) is 75.7 Å². The molecule has 0 spiro atoms. The highest BCUT2D eigenvalue weighted by Gasteiger charge is 2.28. The van der Waals surface area contributed by atoms with Crippen LogP contribution < -0.4 is 10.0 Å². The second kappa shape index (κ2) is 9.99. The van der Waals surface area contributed by atoms with Gasteiger partial charge in [-0.1, -0.05) is 24.3 Å². The molecule has 0 saturated heterocycles. The zero-order chi connectivity index (χ0) is 24.3. The van der Waals surface area contributed by atoms with Crippen LogP contribution in [0.1, 0.15) is 56.5 Å². The van der Waals surface area contributed by atoms with Gasteiger partial charge in [-0.05, 0) is 74.9 Å². The number of sulfonamides is 1. The first-order chi connectivity index (χ1) is 16.3. The molecule has 1 amide bonds. The van der Waals surface area contributed by atoms with Crippen LogP contribution >= 0.6 is 11.3 Å². The quantitative estimate of drug-likeness (QED) is 0.438. The maximum absolute atomic E-state index is 13.1. The van der Waals surface area contributed by atoms with Crippen molar-refractivity contribution in [1.82, 2.24) is 0 Å². The molecule has 2 aromatic carbocycles. The van der Waals surface area contributed by atoms with E-state index < -0.39 is 21.9 Å². The molecule has 178 valence electrons. The average molecular weight is 499 g/mol. The smallest absolute Gasteiger partial charge is 0.341 e. The highest BCUT2D eigenvalue weighted by Crippen LogP contribution is 2.39. The van der Waals surface area contributed by atoms with Crippen LogP contribution in [0.3, 0.4) is 0 Å². The number of fused-ring (bicyclic) bond motifs is 1. The van der Waals surface area contributed by atoms with Gasteiger partial charge in [0.1, 0.15) is 5.00 Å². The Kier molecular flexibility index (Phi) is 7.04. The summed E-state index contributed by atoms with van der Waals surface area (Å²) in [7, 11) is -3.91. The maximum Gasteiger partial charge on any atom is 0.341 e. The van der Waals surface area contributed by atoms with Gasteiger partial charge in [-0.25, -0.2) is 13.2 Å². The molecule has 0 aliphatic heterocycles. The van der Waals surface area contributed by atoms with E-state index in [9.17, 15) is 18.0 Å². The molecule has 34 heavy (non-hydrogen) atoms. The Labute approximate surface area is 203 Å². The number of thiophene rings is 1. The molecular weight excluding hydrogens is 472 g/mol. The molecule has 0 radical (unpaired) electrons. The van der Waals surface area contributed by atoms with Gasteiger partial charge < -0.3 is 10.1 Å². The molecule has 0 unspecified atom stereocenters. The van der Waals surface area contributed by atoms with Crippen LogP contribution in [0, 0.1) is 6.92 Å². The van der Waals surface area contributed by atoms with Gasteiger partial charge >= 0.3 is 5.97 Å². The average Bonchev–Trinajstić information content (AvgIpc) is 3.17. The molecule has 9 heteroatoms. The van der Waals surface area contributed by atoms with E-state index in [1.54, 1.807) is 56.3 Å². The number of rotatable bonds is 7.